The standard InChI is InChI=1S/C19H30N4O9.C10H19NO5.C9H12BrN3O4.C9H14N4O5.C9H13N3O4.C8H10N2O4.C2H3ClO.Na.H/c1-11(20-29-10)19(12(24)21(8)14(26)22(9)13(19)25)23(15(27)30-17(2,3)4)32-16(28)31-18(5,6)7;1-9(2,3)14-7(12)11-16-8(13)15-10(4,5)6;1-5(11-17-4)9(10)6(14)12(2)8(16)13(3)7(9)15;1-5(10-18-4)9(11-17)6(14)12(2)8(16)13(3)7(9)15;1-5(10-16-4)6-7(13)11(2)9(15)12(3)8(6)14;1-4(11)5-6(12)9(2)8(14)10(3)7(5)13;1-2(3)4;;/h1-10H3;1-6H3,(H,11,12);1-4H3;11,17H,1-4H3;13H,1-4H3;12H,1-3H3;1H3;;/q;;;;;;;+1;-1/b20-11+;;11-5+;10-5+;;;;;. The molecule has 5 N–H and O–H groups in total. The second-order valence-electron chi connectivity index (χ2n) is 28.0. The zero-order valence-electron chi connectivity index (χ0n) is 72.6. The van der Waals surface area contributed by atoms with Gasteiger partial charge in [0.25, 0.3) is 52.1 Å². The Morgan fingerprint density at radius 3 is 1.08 bits per heavy atom. The number of amides is 14. The first-order valence-corrected chi connectivity index (χ1v) is 34.4. The third-order valence-corrected chi connectivity index (χ3v) is 15.7. The smallest absolute Gasteiger partial charge is 1.00 e. The predicted molar refractivity (Wildman–Crippen MR) is 411 cm³/mol. The average molecular weight is 1780 g/mol. The van der Waals surface area contributed by atoms with Crippen molar-refractivity contribution < 1.29 is 166 Å². The Morgan fingerprint density at radius 2 is 0.754 bits per heavy atom. The monoisotopic (exact) mass is 1780 g/mol. The minimum Gasteiger partial charge on any atom is -1.00 e. The third-order valence-electron chi connectivity index (χ3n) is 14.5. The summed E-state index contributed by atoms with van der Waals surface area (Å²) in [7, 11) is 17.4. The molecule has 0 saturated carbocycles. The van der Waals surface area contributed by atoms with Crippen molar-refractivity contribution in [2.75, 3.05) is 70.7 Å². The quantitative estimate of drug-likeness (QED) is 0.0213. The molecule has 5 rings (SSSR count). The third kappa shape index (κ3) is 28.0. The Labute approximate surface area is 712 Å². The Morgan fingerprint density at radius 1 is 0.449 bits per heavy atom. The van der Waals surface area contributed by atoms with E-state index in [-0.39, 0.29) is 69.6 Å². The largest absolute Gasteiger partial charge is 1.00 e. The summed E-state index contributed by atoms with van der Waals surface area (Å²) in [6.45, 7) is 27.2. The molecular formula is C66H102BrClN17NaO32. The number of hydrogen-bond donors (Lipinski definition) is 5. The first-order valence-electron chi connectivity index (χ1n) is 33.3. The van der Waals surface area contributed by atoms with Crippen LogP contribution in [-0.2, 0) is 110 Å². The minimum atomic E-state index is -2.74. The number of carbonyl (C=O) groups excluding carboxylic acids is 15. The van der Waals surface area contributed by atoms with Crippen molar-refractivity contribution >= 4 is 139 Å². The van der Waals surface area contributed by atoms with Gasteiger partial charge in [0.15, 0.2) is 5.78 Å². The molecule has 49 nitrogen and oxygen atoms in total. The fraction of sp³-hybridized carbons (Fsp3) is 0.591. The van der Waals surface area contributed by atoms with Crippen LogP contribution < -0.4 is 63.0 Å². The predicted octanol–water partition coefficient (Wildman–Crippen LogP) is -0.711. The molecule has 3 aliphatic rings. The molecule has 0 radical (unpaired) electrons. The maximum absolute atomic E-state index is 13.3. The van der Waals surface area contributed by atoms with Gasteiger partial charge < -0.3 is 60.0 Å². The molecule has 658 valence electrons. The van der Waals surface area contributed by atoms with Gasteiger partial charge in [-0.05, 0) is 129 Å². The van der Waals surface area contributed by atoms with Gasteiger partial charge in [0.1, 0.15) is 67.7 Å². The van der Waals surface area contributed by atoms with Crippen molar-refractivity contribution in [3.63, 3.8) is 0 Å². The molecule has 0 aromatic carbocycles. The van der Waals surface area contributed by atoms with Crippen LogP contribution in [0.2, 0.25) is 0 Å². The van der Waals surface area contributed by atoms with Gasteiger partial charge in [-0.15, -0.1) is 10.5 Å². The number of aromatic nitrogens is 4. The summed E-state index contributed by atoms with van der Waals surface area (Å²) < 4.78 is 21.8. The van der Waals surface area contributed by atoms with Crippen LogP contribution >= 0.6 is 27.5 Å². The van der Waals surface area contributed by atoms with Crippen LogP contribution in [0.4, 0.5) is 33.6 Å². The first-order chi connectivity index (χ1) is 53.0. The van der Waals surface area contributed by atoms with Gasteiger partial charge in [-0.1, -0.05) is 36.6 Å². The number of aromatic hydroxyl groups is 2. The summed E-state index contributed by atoms with van der Waals surface area (Å²) in [5, 5.41) is 42.3. The van der Waals surface area contributed by atoms with E-state index in [0.717, 1.165) is 56.2 Å². The van der Waals surface area contributed by atoms with Crippen LogP contribution in [0.15, 0.2) is 39.8 Å². The summed E-state index contributed by atoms with van der Waals surface area (Å²) in [5.74, 6) is -7.28. The summed E-state index contributed by atoms with van der Waals surface area (Å²) >= 11 is 7.69. The van der Waals surface area contributed by atoms with E-state index in [4.69, 9.17) is 28.6 Å². The van der Waals surface area contributed by atoms with Crippen molar-refractivity contribution in [1.82, 2.24) is 63.7 Å². The van der Waals surface area contributed by atoms with Crippen LogP contribution in [0.3, 0.4) is 0 Å². The topological polar surface area (TPSA) is 593 Å². The van der Waals surface area contributed by atoms with Gasteiger partial charge in [0.05, 0.1) is 17.1 Å². The second-order valence-corrected chi connectivity index (χ2v) is 29.8. The van der Waals surface area contributed by atoms with E-state index in [1.165, 1.54) is 154 Å². The van der Waals surface area contributed by atoms with E-state index in [1.807, 2.05) is 5.48 Å². The molecule has 3 fully saturated rings. The van der Waals surface area contributed by atoms with Crippen LogP contribution in [0.1, 0.15) is 142 Å². The SMILES string of the molecule is CC(=O)Cl.CC(=O)c1c(O)n(C)c(=O)n(C)c1=O.CC(C)(C)OC(=O)NOC(=O)OC(C)(C)C.CO/N=C(\C)C1(Br)C(=O)N(C)C(=O)N(C)C1=O.CO/N=C(\C)C1(N(OC(=O)OC(C)(C)C)C(=O)OC(C)(C)C)C(=O)N(C)C(=O)N(C)C1=O.CO/N=C(\C)C1(NO)C(=O)N(C)C(=O)N(C)C1=O.CON=C(C)c1c(O)n(C)c(=O)n(C)c1=O.[H-].[Na+]. The number of halogens is 2. The number of oxime groups is 4. The number of barbiturate groups is 3. The van der Waals surface area contributed by atoms with Gasteiger partial charge in [-0.2, -0.15) is 5.48 Å². The average Bonchev–Trinajstić information content (AvgIpc) is 0.723. The molecule has 52 heteroatoms. The fourth-order valence-electron chi connectivity index (χ4n) is 8.97. The molecule has 118 heavy (non-hydrogen) atoms. The zero-order chi connectivity index (χ0) is 92.8. The van der Waals surface area contributed by atoms with Gasteiger partial charge in [0, 0.05) is 77.4 Å². The number of likely N-dealkylation sites (N-methyl/N-ethyl adjacent to an activating group) is 4. The van der Waals surface area contributed by atoms with Crippen LogP contribution in [0.25, 0.3) is 0 Å². The number of rotatable bonds is 11. The van der Waals surface area contributed by atoms with Gasteiger partial charge >= 0.3 is 83.5 Å². The number of ether oxygens (including phenoxy) is 4. The van der Waals surface area contributed by atoms with Crippen molar-refractivity contribution in [3.05, 3.63) is 52.8 Å². The van der Waals surface area contributed by atoms with E-state index in [0.29, 0.717) is 19.6 Å². The number of urea groups is 3. The second kappa shape index (κ2) is 44.9. The van der Waals surface area contributed by atoms with Crippen molar-refractivity contribution in [3.8, 4) is 11.8 Å². The molecule has 0 aliphatic carbocycles. The first kappa shape index (κ1) is 111. The summed E-state index contributed by atoms with van der Waals surface area (Å²) in [6, 6.07) is -2.44. The maximum Gasteiger partial charge on any atom is 1.00 e. The summed E-state index contributed by atoms with van der Waals surface area (Å²) in [5.41, 5.74) is -8.18. The van der Waals surface area contributed by atoms with Gasteiger partial charge in [0.2, 0.25) is 26.9 Å². The normalized spacial score (nSPS) is 15.4. The van der Waals surface area contributed by atoms with E-state index >= 15 is 0 Å². The van der Waals surface area contributed by atoms with Crippen LogP contribution in [0, 0.1) is 0 Å². The molecule has 0 unspecified atom stereocenters. The molecule has 2 aromatic heterocycles. The number of Topliss-reactive ketones (excluding diaryl/α,β-unsaturated/α-hetero) is 1. The number of alkyl halides is 1. The number of carbonyl (C=O) groups is 15. The van der Waals surface area contributed by atoms with Gasteiger partial charge in [-0.25, -0.2) is 43.2 Å². The van der Waals surface area contributed by atoms with Crippen molar-refractivity contribution in [2.24, 2.45) is 48.8 Å². The Kier molecular flexibility index (Phi) is 42.2. The molecule has 2 aromatic rings. The molecular weight excluding hydrogens is 1680 g/mol. The molecule has 0 spiro atoms. The van der Waals surface area contributed by atoms with E-state index < -0.39 is 162 Å². The number of hydroxylamine groups is 4. The molecule has 3 aliphatic heterocycles. The summed E-state index contributed by atoms with van der Waals surface area (Å²) in [6.07, 6.45) is -4.63. The molecule has 3 saturated heterocycles. The van der Waals surface area contributed by atoms with Gasteiger partial charge in [-0.3, -0.25) is 100 Å². The number of nitrogens with one attached hydrogen (secondary N) is 2. The molecule has 0 bridgehead atoms. The number of ketones is 1. The number of imide groups is 6. The number of hydrogen-bond acceptors (Lipinski definition) is 37. The Hall–Kier alpha value is -11.2. The Balaban J connectivity index is -0.000000675. The van der Waals surface area contributed by atoms with E-state index in [1.54, 1.807) is 47.0 Å². The van der Waals surface area contributed by atoms with E-state index in [9.17, 15) is 107 Å². The molecule has 0 atom stereocenters. The number of nitrogens with zero attached hydrogens (tertiary/aromatic N) is 15. The maximum atomic E-state index is 13.3. The van der Waals surface area contributed by atoms with Crippen LogP contribution in [-0.4, -0.2) is 289 Å². The van der Waals surface area contributed by atoms with Crippen molar-refractivity contribution in [1.29, 1.82) is 0 Å². The minimum absolute atomic E-state index is 0. The van der Waals surface area contributed by atoms with Crippen LogP contribution in [0.5, 0.6) is 11.8 Å². The zero-order valence-corrected chi connectivity index (χ0v) is 76.0. The van der Waals surface area contributed by atoms with Crippen molar-refractivity contribution in [2.45, 2.75) is 162 Å². The van der Waals surface area contributed by atoms with E-state index in [2.05, 4.69) is 67.5 Å². The Bertz CT molecular complexity index is 4440. The summed E-state index contributed by atoms with van der Waals surface area (Å²) in [4.78, 5) is 256. The fourth-order valence-corrected chi connectivity index (χ4v) is 9.58. The molecule has 5 heterocycles. The molecule has 14 amide bonds.